The molecule has 0 saturated carbocycles. The predicted octanol–water partition coefficient (Wildman–Crippen LogP) is 4.35. The number of carbonyl (C=O) groups excluding carboxylic acids is 1. The maximum absolute atomic E-state index is 14.8. The monoisotopic (exact) mass is 572 g/mol. The first-order chi connectivity index (χ1) is 18.5. The van der Waals surface area contributed by atoms with E-state index in [1.165, 1.54) is 41.1 Å². The van der Waals surface area contributed by atoms with E-state index >= 15 is 0 Å². The zero-order valence-corrected chi connectivity index (χ0v) is 24.5. The summed E-state index contributed by atoms with van der Waals surface area (Å²) in [5, 5.41) is 10.5. The van der Waals surface area contributed by atoms with Crippen molar-refractivity contribution in [1.82, 2.24) is 25.1 Å². The minimum absolute atomic E-state index is 0.0596. The molecular formula is C27H33BF3N6O2P. The third-order valence-corrected chi connectivity index (χ3v) is 7.59. The Bertz CT molecular complexity index is 1430. The highest BCUT2D eigenvalue weighted by molar-refractivity contribution is 7.17. The molecule has 0 aliphatic carbocycles. The number of anilines is 1. The van der Waals surface area contributed by atoms with Gasteiger partial charge in [0.2, 0.25) is 11.7 Å². The normalized spacial score (nSPS) is 19.2. The van der Waals surface area contributed by atoms with Crippen LogP contribution in [-0.2, 0) is 10.5 Å². The van der Waals surface area contributed by atoms with Crippen LogP contribution in [0.2, 0.25) is 0 Å². The third-order valence-electron chi connectivity index (χ3n) is 7.33. The molecule has 40 heavy (non-hydrogen) atoms. The van der Waals surface area contributed by atoms with Crippen LogP contribution in [0.1, 0.15) is 39.1 Å². The quantitative estimate of drug-likeness (QED) is 0.308. The summed E-state index contributed by atoms with van der Waals surface area (Å²) in [5.74, 6) is -0.603. The highest BCUT2D eigenvalue weighted by Gasteiger charge is 2.39. The number of aromatic nitrogens is 4. The first-order valence-corrected chi connectivity index (χ1v) is 13.4. The minimum atomic E-state index is -3.29. The van der Waals surface area contributed by atoms with Gasteiger partial charge in [0.1, 0.15) is 22.6 Å². The molecule has 13 heteroatoms. The SMILES string of the molecule is BC(C)(F)C(C)(C)Oc1cc(C)cc(-c2cc(NC(=O)[C@H]3CNC(=C)C3C)nn2-c2cnc(C(F)(F)P)nc2)c1. The Kier molecular flexibility index (Phi) is 7.79. The Morgan fingerprint density at radius 1 is 1.20 bits per heavy atom. The Morgan fingerprint density at radius 2 is 1.85 bits per heavy atom. The van der Waals surface area contributed by atoms with Crippen LogP contribution in [-0.4, -0.2) is 51.2 Å². The molecule has 2 aromatic heterocycles. The van der Waals surface area contributed by atoms with Gasteiger partial charge in [-0.2, -0.15) is 8.78 Å². The Morgan fingerprint density at radius 3 is 2.40 bits per heavy atom. The van der Waals surface area contributed by atoms with Gasteiger partial charge >= 0.3 is 5.66 Å². The van der Waals surface area contributed by atoms with Crippen LogP contribution in [0.15, 0.2) is 48.9 Å². The summed E-state index contributed by atoms with van der Waals surface area (Å²) in [6, 6.07) is 7.07. The van der Waals surface area contributed by atoms with Gasteiger partial charge in [-0.25, -0.2) is 14.6 Å². The second kappa shape index (κ2) is 10.5. The van der Waals surface area contributed by atoms with E-state index in [1.807, 2.05) is 19.9 Å². The van der Waals surface area contributed by atoms with Crippen molar-refractivity contribution < 1.29 is 22.7 Å². The van der Waals surface area contributed by atoms with Crippen molar-refractivity contribution >= 4 is 28.8 Å². The number of alkyl halides is 3. The van der Waals surface area contributed by atoms with Crippen molar-refractivity contribution in [1.29, 1.82) is 0 Å². The molecule has 4 rings (SSSR count). The van der Waals surface area contributed by atoms with E-state index < -0.39 is 22.7 Å². The smallest absolute Gasteiger partial charge is 0.316 e. The van der Waals surface area contributed by atoms with Gasteiger partial charge in [-0.15, -0.1) is 5.10 Å². The molecule has 3 aromatic rings. The lowest BCUT2D eigenvalue weighted by molar-refractivity contribution is -0.120. The maximum Gasteiger partial charge on any atom is 0.316 e. The Labute approximate surface area is 234 Å². The number of hydrogen-bond acceptors (Lipinski definition) is 6. The van der Waals surface area contributed by atoms with Crippen molar-refractivity contribution in [2.24, 2.45) is 11.8 Å². The standard InChI is InChI=1S/C27H33BF3N6O2P/c1-14-7-17(9-19(8-14)39-25(4,5)26(6,28)29)21-10-22(35-23(38)20-13-32-16(3)15(20)2)36-37(21)18-11-33-24(34-12-18)27(30,31)40/h7-12,15,20,32H,3,13,28,40H2,1-2,4-6H3,(H,35,36,38)/t15?,20-,26?/m0/s1. The summed E-state index contributed by atoms with van der Waals surface area (Å²) in [5.41, 5.74) is -2.99. The van der Waals surface area contributed by atoms with E-state index in [2.05, 4.69) is 32.3 Å². The Hall–Kier alpha value is -3.40. The molecule has 1 fully saturated rings. The molecule has 3 unspecified atom stereocenters. The number of nitrogens with zero attached hydrogens (tertiary/aromatic N) is 4. The van der Waals surface area contributed by atoms with E-state index in [4.69, 9.17) is 4.74 Å². The molecule has 0 radical (unpaired) electrons. The molecule has 0 spiro atoms. The lowest BCUT2D eigenvalue weighted by Crippen LogP contribution is -2.49. The van der Waals surface area contributed by atoms with Crippen molar-refractivity contribution in [3.63, 3.8) is 0 Å². The van der Waals surface area contributed by atoms with Crippen molar-refractivity contribution in [2.75, 3.05) is 11.9 Å². The molecule has 1 amide bonds. The molecule has 4 atom stereocenters. The van der Waals surface area contributed by atoms with Crippen molar-refractivity contribution in [3.8, 4) is 22.7 Å². The molecule has 1 aliphatic rings. The van der Waals surface area contributed by atoms with E-state index in [1.54, 1.807) is 32.0 Å². The van der Waals surface area contributed by atoms with Crippen LogP contribution in [0.5, 0.6) is 5.75 Å². The topological polar surface area (TPSA) is 94.0 Å². The summed E-state index contributed by atoms with van der Waals surface area (Å²) in [6.07, 6.45) is 2.47. The summed E-state index contributed by atoms with van der Waals surface area (Å²) in [4.78, 5) is 20.7. The molecule has 3 heterocycles. The van der Waals surface area contributed by atoms with Crippen LogP contribution in [0.25, 0.3) is 16.9 Å². The minimum Gasteiger partial charge on any atom is -0.485 e. The summed E-state index contributed by atoms with van der Waals surface area (Å²) in [6.45, 7) is 13.0. The van der Waals surface area contributed by atoms with Crippen LogP contribution < -0.4 is 15.4 Å². The summed E-state index contributed by atoms with van der Waals surface area (Å²) >= 11 is 0. The largest absolute Gasteiger partial charge is 0.485 e. The van der Waals surface area contributed by atoms with E-state index in [0.29, 0.717) is 29.2 Å². The summed E-state index contributed by atoms with van der Waals surface area (Å²) < 4.78 is 49.8. The third kappa shape index (κ3) is 6.17. The highest BCUT2D eigenvalue weighted by atomic mass is 31.0. The van der Waals surface area contributed by atoms with E-state index in [0.717, 1.165) is 11.3 Å². The van der Waals surface area contributed by atoms with Gasteiger partial charge < -0.3 is 15.4 Å². The Balaban J connectivity index is 1.77. The van der Waals surface area contributed by atoms with Crippen LogP contribution in [0.4, 0.5) is 19.0 Å². The van der Waals surface area contributed by atoms with E-state index in [-0.39, 0.29) is 23.6 Å². The second-order valence-corrected chi connectivity index (χ2v) is 11.8. The lowest BCUT2D eigenvalue weighted by Gasteiger charge is -2.36. The number of ether oxygens (including phenoxy) is 1. The first-order valence-electron chi connectivity index (χ1n) is 12.8. The molecule has 2 N–H and O–H groups in total. The van der Waals surface area contributed by atoms with Crippen molar-refractivity contribution in [2.45, 2.75) is 51.5 Å². The fourth-order valence-corrected chi connectivity index (χ4v) is 4.33. The number of allylic oxidation sites excluding steroid dienone is 1. The number of benzene rings is 1. The predicted molar refractivity (Wildman–Crippen MR) is 154 cm³/mol. The molecular weight excluding hydrogens is 539 g/mol. The molecule has 1 aromatic carbocycles. The zero-order valence-electron chi connectivity index (χ0n) is 23.3. The van der Waals surface area contributed by atoms with Gasteiger partial charge in [-0.05, 0) is 51.5 Å². The number of halogens is 3. The number of aryl methyl sites for hydroxylation is 1. The molecule has 0 bridgehead atoms. The number of carbonyl (C=O) groups is 1. The van der Waals surface area contributed by atoms with Gasteiger partial charge in [0.15, 0.2) is 13.7 Å². The highest BCUT2D eigenvalue weighted by Crippen LogP contribution is 2.35. The fourth-order valence-electron chi connectivity index (χ4n) is 4.18. The zero-order chi connectivity index (χ0) is 29.6. The second-order valence-electron chi connectivity index (χ2n) is 11.1. The van der Waals surface area contributed by atoms with Gasteiger partial charge in [0.05, 0.1) is 24.0 Å². The maximum atomic E-state index is 14.8. The first kappa shape index (κ1) is 29.6. The molecule has 1 aliphatic heterocycles. The van der Waals surface area contributed by atoms with Gasteiger partial charge in [-0.3, -0.25) is 9.18 Å². The van der Waals surface area contributed by atoms with E-state index in [9.17, 15) is 18.0 Å². The van der Waals surface area contributed by atoms with Crippen LogP contribution in [0, 0.1) is 18.8 Å². The fraction of sp³-hybridized carbons (Fsp3) is 0.407. The lowest BCUT2D eigenvalue weighted by atomic mass is 9.73. The van der Waals surface area contributed by atoms with Crippen molar-refractivity contribution in [3.05, 3.63) is 60.3 Å². The van der Waals surface area contributed by atoms with Gasteiger partial charge in [0.25, 0.3) is 0 Å². The van der Waals surface area contributed by atoms with Gasteiger partial charge in [0, 0.05) is 29.8 Å². The number of nitrogens with one attached hydrogen (secondary N) is 2. The average Bonchev–Trinajstić information content (AvgIpc) is 3.40. The number of amides is 1. The van der Waals surface area contributed by atoms with Crippen LogP contribution >= 0.6 is 9.24 Å². The molecule has 1 saturated heterocycles. The number of hydrogen-bond donors (Lipinski definition) is 2. The molecule has 212 valence electrons. The average molecular weight is 572 g/mol. The summed E-state index contributed by atoms with van der Waals surface area (Å²) in [7, 11) is 2.86. The van der Waals surface area contributed by atoms with Gasteiger partial charge in [-0.1, -0.05) is 22.7 Å². The molecule has 8 nitrogen and oxygen atoms in total. The number of rotatable bonds is 8. The van der Waals surface area contributed by atoms with Crippen LogP contribution in [0.3, 0.4) is 0 Å².